The molecule has 0 saturated heterocycles. The molecule has 6 heteroatoms. The van der Waals surface area contributed by atoms with Gasteiger partial charge in [-0.15, -0.1) is 0 Å². The van der Waals surface area contributed by atoms with Crippen molar-refractivity contribution in [2.75, 3.05) is 32.2 Å². The van der Waals surface area contributed by atoms with Gasteiger partial charge in [0.15, 0.2) is 6.29 Å². The molecule has 0 amide bonds. The Balaban J connectivity index is 1.96. The summed E-state index contributed by atoms with van der Waals surface area (Å²) >= 11 is 0. The molecule has 0 radical (unpaired) electrons. The molecule has 1 aliphatic heterocycles. The maximum absolute atomic E-state index is 13.1. The molecule has 2 aliphatic rings. The van der Waals surface area contributed by atoms with Crippen LogP contribution >= 0.6 is 0 Å². The van der Waals surface area contributed by atoms with Gasteiger partial charge in [0.25, 0.3) is 0 Å². The highest BCUT2D eigenvalue weighted by atomic mass is 16.5. The number of carbonyl (C=O) groups excluding carboxylic acids is 2. The summed E-state index contributed by atoms with van der Waals surface area (Å²) in [6.07, 6.45) is 10.8. The highest BCUT2D eigenvalue weighted by molar-refractivity contribution is 6.14. The second-order valence-electron chi connectivity index (χ2n) is 7.85. The third-order valence-electron chi connectivity index (χ3n) is 5.41. The second kappa shape index (κ2) is 10.3. The molecule has 1 aliphatic carbocycles. The molecule has 0 aromatic heterocycles. The summed E-state index contributed by atoms with van der Waals surface area (Å²) in [5, 5.41) is 0. The van der Waals surface area contributed by atoms with Gasteiger partial charge in [0, 0.05) is 14.1 Å². The molecular formula is C23H30N2O4. The van der Waals surface area contributed by atoms with E-state index < -0.39 is 0 Å². The number of aliphatic imine (C=N–C) groups is 1. The minimum Gasteiger partial charge on any atom is -0.459 e. The lowest BCUT2D eigenvalue weighted by molar-refractivity contribution is -0.102. The molecule has 1 aromatic rings. The van der Waals surface area contributed by atoms with Crippen molar-refractivity contribution in [3.8, 4) is 0 Å². The number of rotatable bonds is 7. The lowest BCUT2D eigenvalue weighted by Gasteiger charge is -2.25. The Morgan fingerprint density at radius 1 is 1.28 bits per heavy atom. The highest BCUT2D eigenvalue weighted by Gasteiger charge is 2.24. The maximum Gasteiger partial charge on any atom is 0.340 e. The van der Waals surface area contributed by atoms with Crippen LogP contribution in [0.2, 0.25) is 0 Å². The molecule has 1 heterocycles. The number of nitrogens with zero attached hydrogens (tertiary/aromatic N) is 2. The fourth-order valence-electron chi connectivity index (χ4n) is 4.00. The van der Waals surface area contributed by atoms with Crippen LogP contribution < -0.4 is 4.90 Å². The predicted octanol–water partition coefficient (Wildman–Crippen LogP) is 4.03. The fraction of sp³-hybridized carbons (Fsp3) is 0.522. The van der Waals surface area contributed by atoms with E-state index in [0.717, 1.165) is 44.1 Å². The molecule has 0 atom stereocenters. The van der Waals surface area contributed by atoms with Gasteiger partial charge in [-0.2, -0.15) is 0 Å². The highest BCUT2D eigenvalue weighted by Crippen LogP contribution is 2.35. The van der Waals surface area contributed by atoms with E-state index in [-0.39, 0.29) is 12.1 Å². The minimum atomic E-state index is -0.314. The first-order valence-corrected chi connectivity index (χ1v) is 10.4. The number of aldehydes is 1. The lowest BCUT2D eigenvalue weighted by atomic mass is 9.96. The first-order chi connectivity index (χ1) is 14.1. The van der Waals surface area contributed by atoms with Crippen LogP contribution in [0.4, 0.5) is 11.4 Å². The third-order valence-corrected chi connectivity index (χ3v) is 5.41. The molecule has 156 valence electrons. The zero-order valence-corrected chi connectivity index (χ0v) is 17.4. The van der Waals surface area contributed by atoms with E-state index in [2.05, 4.69) is 11.1 Å². The van der Waals surface area contributed by atoms with Crippen LogP contribution in [-0.2, 0) is 20.7 Å². The molecule has 1 aromatic carbocycles. The van der Waals surface area contributed by atoms with Crippen molar-refractivity contribution in [1.29, 1.82) is 0 Å². The Bertz CT molecular complexity index is 792. The number of carbonyl (C=O) groups is 2. The summed E-state index contributed by atoms with van der Waals surface area (Å²) in [5.41, 5.74) is 4.04. The number of ether oxygens (including phenoxy) is 2. The van der Waals surface area contributed by atoms with E-state index >= 15 is 0 Å². The largest absolute Gasteiger partial charge is 0.459 e. The average Bonchev–Trinajstić information content (AvgIpc) is 2.73. The summed E-state index contributed by atoms with van der Waals surface area (Å²) in [7, 11) is 3.74. The SMILES string of the molecule is CN(C)c1c(N=CC=O)cc(CC2=CCOCC2)cc1C(=O)OC1CCCCC1. The van der Waals surface area contributed by atoms with E-state index in [1.165, 1.54) is 18.2 Å². The van der Waals surface area contributed by atoms with Crippen molar-refractivity contribution >= 4 is 29.8 Å². The van der Waals surface area contributed by atoms with Crippen LogP contribution in [-0.4, -0.2) is 51.9 Å². The molecule has 1 fully saturated rings. The van der Waals surface area contributed by atoms with Crippen molar-refractivity contribution in [2.24, 2.45) is 4.99 Å². The van der Waals surface area contributed by atoms with E-state index in [9.17, 15) is 9.59 Å². The molecular weight excluding hydrogens is 368 g/mol. The summed E-state index contributed by atoms with van der Waals surface area (Å²) in [6.45, 7) is 1.34. The third kappa shape index (κ3) is 5.76. The van der Waals surface area contributed by atoms with Crippen LogP contribution in [0.3, 0.4) is 0 Å². The van der Waals surface area contributed by atoms with E-state index in [0.29, 0.717) is 36.4 Å². The Kier molecular flexibility index (Phi) is 7.58. The summed E-state index contributed by atoms with van der Waals surface area (Å²) in [4.78, 5) is 30.1. The predicted molar refractivity (Wildman–Crippen MR) is 114 cm³/mol. The van der Waals surface area contributed by atoms with E-state index in [4.69, 9.17) is 9.47 Å². The van der Waals surface area contributed by atoms with Crippen molar-refractivity contribution in [1.82, 2.24) is 0 Å². The Morgan fingerprint density at radius 3 is 2.72 bits per heavy atom. The molecule has 1 saturated carbocycles. The number of hydrogen-bond acceptors (Lipinski definition) is 6. The van der Waals surface area contributed by atoms with Crippen LogP contribution in [0.15, 0.2) is 28.8 Å². The monoisotopic (exact) mass is 398 g/mol. The van der Waals surface area contributed by atoms with Gasteiger partial charge in [0.2, 0.25) is 0 Å². The summed E-state index contributed by atoms with van der Waals surface area (Å²) in [5.74, 6) is -0.314. The zero-order valence-electron chi connectivity index (χ0n) is 17.4. The Hall–Kier alpha value is -2.47. The van der Waals surface area contributed by atoms with Gasteiger partial charge in [-0.25, -0.2) is 4.79 Å². The van der Waals surface area contributed by atoms with Crippen LogP contribution in [0.5, 0.6) is 0 Å². The number of benzene rings is 1. The van der Waals surface area contributed by atoms with Crippen molar-refractivity contribution in [2.45, 2.75) is 51.0 Å². The molecule has 29 heavy (non-hydrogen) atoms. The molecule has 0 spiro atoms. The smallest absolute Gasteiger partial charge is 0.340 e. The van der Waals surface area contributed by atoms with Crippen LogP contribution in [0.1, 0.15) is 54.4 Å². The lowest BCUT2D eigenvalue weighted by Crippen LogP contribution is -2.23. The number of hydrogen-bond donors (Lipinski definition) is 0. The van der Waals surface area contributed by atoms with Gasteiger partial charge >= 0.3 is 5.97 Å². The standard InChI is InChI=1S/C23H30N2O4/c1-25(2)22-20(23(27)29-19-6-4-3-5-7-19)15-18(16-21(22)24-10-11-26)14-17-8-12-28-13-9-17/h8,10-11,15-16,19H,3-7,9,12-14H2,1-2H3. The van der Waals surface area contributed by atoms with Crippen molar-refractivity contribution in [3.63, 3.8) is 0 Å². The van der Waals surface area contributed by atoms with Crippen molar-refractivity contribution < 1.29 is 19.1 Å². The quantitative estimate of drug-likeness (QED) is 0.300. The minimum absolute atomic E-state index is 0.0185. The number of anilines is 1. The van der Waals surface area contributed by atoms with Gasteiger partial charge < -0.3 is 14.4 Å². The van der Waals surface area contributed by atoms with Crippen molar-refractivity contribution in [3.05, 3.63) is 34.9 Å². The maximum atomic E-state index is 13.1. The second-order valence-corrected chi connectivity index (χ2v) is 7.85. The van der Waals surface area contributed by atoms with Gasteiger partial charge in [-0.1, -0.05) is 18.1 Å². The summed E-state index contributed by atoms with van der Waals surface area (Å²) < 4.78 is 11.2. The summed E-state index contributed by atoms with van der Waals surface area (Å²) in [6, 6.07) is 3.86. The Morgan fingerprint density at radius 2 is 2.07 bits per heavy atom. The average molecular weight is 399 g/mol. The Labute approximate surface area is 172 Å². The normalized spacial score (nSPS) is 17.8. The zero-order chi connectivity index (χ0) is 20.6. The first-order valence-electron chi connectivity index (χ1n) is 10.4. The van der Waals surface area contributed by atoms with Crippen LogP contribution in [0.25, 0.3) is 0 Å². The molecule has 0 N–H and O–H groups in total. The van der Waals surface area contributed by atoms with Gasteiger partial charge in [-0.3, -0.25) is 9.79 Å². The molecule has 0 unspecified atom stereocenters. The van der Waals surface area contributed by atoms with Gasteiger partial charge in [0.05, 0.1) is 36.4 Å². The molecule has 6 nitrogen and oxygen atoms in total. The van der Waals surface area contributed by atoms with Crippen LogP contribution in [0, 0.1) is 0 Å². The van der Waals surface area contributed by atoms with Gasteiger partial charge in [0.1, 0.15) is 6.10 Å². The molecule has 0 bridgehead atoms. The van der Waals surface area contributed by atoms with E-state index in [1.807, 2.05) is 31.1 Å². The topological polar surface area (TPSA) is 68.2 Å². The first kappa shape index (κ1) is 21.2. The van der Waals surface area contributed by atoms with Gasteiger partial charge in [-0.05, 0) is 56.2 Å². The van der Waals surface area contributed by atoms with E-state index in [1.54, 1.807) is 0 Å². The fourth-order valence-corrected chi connectivity index (χ4v) is 4.00. The number of esters is 1. The molecule has 3 rings (SSSR count).